The number of Topliss-reactive ketones (excluding diaryl/α,β-unsaturated/α-hetero) is 1. The molecule has 5 aliphatic rings. The lowest BCUT2D eigenvalue weighted by Gasteiger charge is -2.70. The number of hydrogen-bond donors (Lipinski definition) is 2. The molecule has 5 rings (SSSR count). The number of fused-ring (bicyclic) bond motifs is 6. The Bertz CT molecular complexity index is 1060. The minimum atomic E-state index is -1.68. The van der Waals surface area contributed by atoms with E-state index < -0.39 is 29.2 Å². The summed E-state index contributed by atoms with van der Waals surface area (Å²) < 4.78 is 5.49. The third-order valence-electron chi connectivity index (χ3n) is 12.6. The summed E-state index contributed by atoms with van der Waals surface area (Å²) in [5, 5.41) is 21.5. The number of cyclic esters (lactones) is 1. The lowest BCUT2D eigenvalue weighted by Crippen LogP contribution is -2.64. The molecule has 4 aliphatic carbocycles. The standard InChI is InChI=1S/C32H48O5/c1-8-19(33)17-22(34)21-18-25-29(4)15-10-14-28(3,9-2)23(29)13-16-30(25,5)24-12-11-20-26(31(21,24)6)27(35)37-32(20,7)36/h11-12,19,21,23-25,33,36H,8-10,13-18H2,1-7H3/t19?,21-,23+,24+,25-,28+,29+,30+,31+,32+/m1/s1. The normalized spacial score (nSPS) is 49.5. The van der Waals surface area contributed by atoms with Crippen molar-refractivity contribution in [2.75, 3.05) is 0 Å². The van der Waals surface area contributed by atoms with E-state index in [1.54, 1.807) is 0 Å². The monoisotopic (exact) mass is 512 g/mol. The zero-order valence-corrected chi connectivity index (χ0v) is 24.0. The van der Waals surface area contributed by atoms with Gasteiger partial charge in [-0.3, -0.25) is 4.79 Å². The molecule has 3 saturated carbocycles. The van der Waals surface area contributed by atoms with E-state index in [0.29, 0.717) is 34.8 Å². The second kappa shape index (κ2) is 8.52. The molecule has 0 aromatic heterocycles. The fourth-order valence-corrected chi connectivity index (χ4v) is 10.5. The highest BCUT2D eigenvalue weighted by Gasteiger charge is 2.70. The Morgan fingerprint density at radius 2 is 1.78 bits per heavy atom. The molecule has 5 heteroatoms. The van der Waals surface area contributed by atoms with Crippen molar-refractivity contribution in [2.24, 2.45) is 45.3 Å². The molecule has 0 aromatic carbocycles. The van der Waals surface area contributed by atoms with E-state index in [1.807, 2.05) is 13.0 Å². The first-order valence-corrected chi connectivity index (χ1v) is 14.8. The first kappa shape index (κ1) is 27.1. The summed E-state index contributed by atoms with van der Waals surface area (Å²) in [5.41, 5.74) is 0.591. The van der Waals surface area contributed by atoms with E-state index in [-0.39, 0.29) is 29.0 Å². The van der Waals surface area contributed by atoms with Crippen molar-refractivity contribution in [3.63, 3.8) is 0 Å². The van der Waals surface area contributed by atoms with Crippen molar-refractivity contribution in [3.05, 3.63) is 23.3 Å². The number of carbonyl (C=O) groups is 2. The molecule has 2 N–H and O–H groups in total. The molecule has 5 nitrogen and oxygen atoms in total. The number of aliphatic hydroxyl groups excluding tert-OH is 1. The third-order valence-corrected chi connectivity index (χ3v) is 12.6. The van der Waals surface area contributed by atoms with Gasteiger partial charge in [-0.2, -0.15) is 0 Å². The van der Waals surface area contributed by atoms with E-state index in [9.17, 15) is 19.8 Å². The van der Waals surface area contributed by atoms with Crippen LogP contribution in [0.1, 0.15) is 106 Å². The zero-order chi connectivity index (χ0) is 27.2. The summed E-state index contributed by atoms with van der Waals surface area (Å²) >= 11 is 0. The maximum Gasteiger partial charge on any atom is 0.337 e. The maximum absolute atomic E-state index is 14.1. The number of aliphatic hydroxyl groups is 2. The number of ether oxygens (including phenoxy) is 1. The average Bonchev–Trinajstić information content (AvgIpc) is 3.06. The highest BCUT2D eigenvalue weighted by atomic mass is 16.7. The van der Waals surface area contributed by atoms with Gasteiger partial charge in [0, 0.05) is 30.3 Å². The Kier molecular flexibility index (Phi) is 6.24. The van der Waals surface area contributed by atoms with Crippen LogP contribution >= 0.6 is 0 Å². The average molecular weight is 513 g/mol. The van der Waals surface area contributed by atoms with Crippen LogP contribution in [0.25, 0.3) is 0 Å². The molecule has 1 heterocycles. The molecule has 0 aromatic rings. The van der Waals surface area contributed by atoms with Crippen molar-refractivity contribution in [1.82, 2.24) is 0 Å². The van der Waals surface area contributed by atoms with E-state index >= 15 is 0 Å². The van der Waals surface area contributed by atoms with Gasteiger partial charge in [0.15, 0.2) is 0 Å². The minimum absolute atomic E-state index is 0.0146. The number of rotatable bonds is 5. The van der Waals surface area contributed by atoms with Gasteiger partial charge in [-0.15, -0.1) is 0 Å². The summed E-state index contributed by atoms with van der Waals surface area (Å²) in [4.78, 5) is 27.5. The van der Waals surface area contributed by atoms with Crippen molar-refractivity contribution < 1.29 is 24.5 Å². The zero-order valence-electron chi connectivity index (χ0n) is 24.0. The molecule has 0 amide bonds. The highest BCUT2D eigenvalue weighted by molar-refractivity contribution is 5.97. The minimum Gasteiger partial charge on any atom is -0.426 e. The van der Waals surface area contributed by atoms with Crippen molar-refractivity contribution in [3.8, 4) is 0 Å². The van der Waals surface area contributed by atoms with Gasteiger partial charge in [-0.05, 0) is 72.5 Å². The predicted molar refractivity (Wildman–Crippen MR) is 143 cm³/mol. The molecular weight excluding hydrogens is 464 g/mol. The number of carbonyl (C=O) groups excluding carboxylic acids is 2. The molecule has 0 saturated heterocycles. The summed E-state index contributed by atoms with van der Waals surface area (Å²) in [7, 11) is 0. The predicted octanol–water partition coefficient (Wildman–Crippen LogP) is 6.13. The first-order valence-electron chi connectivity index (χ1n) is 14.8. The van der Waals surface area contributed by atoms with Gasteiger partial charge in [0.1, 0.15) is 5.78 Å². The van der Waals surface area contributed by atoms with E-state index in [0.717, 1.165) is 12.8 Å². The van der Waals surface area contributed by atoms with Gasteiger partial charge < -0.3 is 14.9 Å². The quantitative estimate of drug-likeness (QED) is 0.433. The fourth-order valence-electron chi connectivity index (χ4n) is 10.5. The third kappa shape index (κ3) is 3.55. The second-order valence-corrected chi connectivity index (χ2v) is 14.3. The molecule has 10 atom stereocenters. The Morgan fingerprint density at radius 3 is 2.43 bits per heavy atom. The van der Waals surface area contributed by atoms with Crippen molar-refractivity contribution >= 4 is 11.8 Å². The summed E-state index contributed by atoms with van der Waals surface area (Å²) in [6.45, 7) is 15.2. The largest absolute Gasteiger partial charge is 0.426 e. The lowest BCUT2D eigenvalue weighted by molar-refractivity contribution is -0.196. The number of ketones is 1. The lowest BCUT2D eigenvalue weighted by atomic mass is 9.34. The Labute approximate surface area is 223 Å². The molecule has 37 heavy (non-hydrogen) atoms. The van der Waals surface area contributed by atoms with Gasteiger partial charge in [-0.1, -0.05) is 66.5 Å². The number of hydrogen-bond acceptors (Lipinski definition) is 5. The molecule has 1 aliphatic heterocycles. The van der Waals surface area contributed by atoms with Crippen molar-refractivity contribution in [2.45, 2.75) is 118 Å². The smallest absolute Gasteiger partial charge is 0.337 e. The van der Waals surface area contributed by atoms with Crippen LogP contribution in [-0.4, -0.2) is 33.9 Å². The van der Waals surface area contributed by atoms with Gasteiger partial charge in [0.05, 0.1) is 11.7 Å². The van der Waals surface area contributed by atoms with Crippen LogP contribution in [0.4, 0.5) is 0 Å². The van der Waals surface area contributed by atoms with Crippen molar-refractivity contribution in [1.29, 1.82) is 0 Å². The van der Waals surface area contributed by atoms with Crippen LogP contribution in [0.2, 0.25) is 0 Å². The molecule has 0 radical (unpaired) electrons. The first-order chi connectivity index (χ1) is 17.2. The Morgan fingerprint density at radius 1 is 1.08 bits per heavy atom. The Balaban J connectivity index is 1.67. The van der Waals surface area contributed by atoms with Crippen LogP contribution in [0.3, 0.4) is 0 Å². The summed E-state index contributed by atoms with van der Waals surface area (Å²) in [5.74, 6) is -1.58. The van der Waals surface area contributed by atoms with Crippen LogP contribution in [-0.2, 0) is 14.3 Å². The SMILES string of the molecule is CCC(O)CC(=O)[C@H]1C[C@@H]2[C@@]3(C)CCC[C@](C)(CC)[C@@H]3CC[C@@]2(C)[C@@H]2C=CC3=C(C(=O)O[C@]3(C)O)[C@@]12C. The van der Waals surface area contributed by atoms with Crippen LogP contribution in [0.5, 0.6) is 0 Å². The summed E-state index contributed by atoms with van der Waals surface area (Å²) in [6, 6.07) is 0. The van der Waals surface area contributed by atoms with E-state index in [2.05, 4.69) is 40.7 Å². The van der Waals surface area contributed by atoms with E-state index in [4.69, 9.17) is 4.74 Å². The molecule has 0 spiro atoms. The summed E-state index contributed by atoms with van der Waals surface area (Å²) in [6.07, 6.45) is 11.9. The van der Waals surface area contributed by atoms with Gasteiger partial charge >= 0.3 is 5.97 Å². The Hall–Kier alpha value is -1.46. The number of esters is 1. The van der Waals surface area contributed by atoms with E-state index in [1.165, 1.54) is 39.0 Å². The number of allylic oxidation sites excluding steroid dienone is 1. The molecule has 3 fully saturated rings. The van der Waals surface area contributed by atoms with Crippen LogP contribution in [0, 0.1) is 45.3 Å². The molecular formula is C32H48O5. The topological polar surface area (TPSA) is 83.8 Å². The van der Waals surface area contributed by atoms with Gasteiger partial charge in [0.2, 0.25) is 5.79 Å². The molecule has 0 bridgehead atoms. The van der Waals surface area contributed by atoms with Gasteiger partial charge in [0.25, 0.3) is 0 Å². The highest BCUT2D eigenvalue weighted by Crippen LogP contribution is 2.74. The van der Waals surface area contributed by atoms with Crippen LogP contribution < -0.4 is 0 Å². The fraction of sp³-hybridized carbons (Fsp3) is 0.812. The second-order valence-electron chi connectivity index (χ2n) is 14.3. The molecule has 1 unspecified atom stereocenters. The van der Waals surface area contributed by atoms with Crippen LogP contribution in [0.15, 0.2) is 23.3 Å². The molecule has 206 valence electrons. The maximum atomic E-state index is 14.1. The van der Waals surface area contributed by atoms with Gasteiger partial charge in [-0.25, -0.2) is 4.79 Å².